The maximum Gasteiger partial charge on any atom is 0.270 e. The summed E-state index contributed by atoms with van der Waals surface area (Å²) in [6.07, 6.45) is 5.74. The van der Waals surface area contributed by atoms with E-state index < -0.39 is 14.8 Å². The third-order valence-electron chi connectivity index (χ3n) is 4.28. The summed E-state index contributed by atoms with van der Waals surface area (Å²) < 4.78 is 25.9. The molecule has 0 N–H and O–H groups in total. The lowest BCUT2D eigenvalue weighted by Gasteiger charge is -2.21. The second-order valence-corrected chi connectivity index (χ2v) is 8.04. The highest BCUT2D eigenvalue weighted by Gasteiger charge is 2.29. The van der Waals surface area contributed by atoms with Crippen LogP contribution >= 0.6 is 0 Å². The number of aromatic nitrogens is 2. The first kappa shape index (κ1) is 16.4. The van der Waals surface area contributed by atoms with Gasteiger partial charge in [0.05, 0.1) is 21.7 Å². The maximum atomic E-state index is 12.1. The Bertz CT molecular complexity index is 891. The summed E-state index contributed by atoms with van der Waals surface area (Å²) >= 11 is 0. The van der Waals surface area contributed by atoms with Gasteiger partial charge in [0.25, 0.3) is 5.69 Å². The number of non-ortho nitro benzene ring substituents is 1. The molecular weight excluding hydrogens is 332 g/mol. The average Bonchev–Trinajstić information content (AvgIpc) is 3.14. The largest absolute Gasteiger partial charge is 0.370 e. The summed E-state index contributed by atoms with van der Waals surface area (Å²) in [5.41, 5.74) is 1.42. The van der Waals surface area contributed by atoms with Crippen molar-refractivity contribution in [1.82, 2.24) is 9.78 Å². The molecule has 1 aromatic carbocycles. The highest BCUT2D eigenvalue weighted by Crippen LogP contribution is 2.35. The molecule has 1 fully saturated rings. The Morgan fingerprint density at radius 2 is 2.12 bits per heavy atom. The van der Waals surface area contributed by atoms with Gasteiger partial charge in [-0.3, -0.25) is 14.8 Å². The van der Waals surface area contributed by atoms with Crippen LogP contribution in [0.15, 0.2) is 35.5 Å². The van der Waals surface area contributed by atoms with E-state index in [0.29, 0.717) is 18.8 Å². The van der Waals surface area contributed by atoms with Crippen LogP contribution in [0, 0.1) is 10.1 Å². The van der Waals surface area contributed by atoms with E-state index >= 15 is 0 Å². The summed E-state index contributed by atoms with van der Waals surface area (Å²) in [4.78, 5) is 12.3. The molecule has 0 aliphatic carbocycles. The number of rotatable bonds is 4. The topological polar surface area (TPSA) is 98.3 Å². The van der Waals surface area contributed by atoms with E-state index in [1.54, 1.807) is 4.68 Å². The van der Waals surface area contributed by atoms with Crippen LogP contribution in [0.1, 0.15) is 17.9 Å². The number of benzene rings is 1. The minimum atomic E-state index is -3.57. The molecular formula is C15H18N4O4S. The molecule has 8 nitrogen and oxygen atoms in total. The molecule has 1 aromatic heterocycles. The molecule has 1 unspecified atom stereocenters. The highest BCUT2D eigenvalue weighted by molar-refractivity contribution is 7.90. The number of sulfone groups is 1. The second kappa shape index (κ2) is 5.90. The van der Waals surface area contributed by atoms with Crippen molar-refractivity contribution >= 4 is 21.2 Å². The number of hydrogen-bond donors (Lipinski definition) is 0. The number of nitrogens with zero attached hydrogens (tertiary/aromatic N) is 4. The van der Waals surface area contributed by atoms with Gasteiger partial charge in [0.15, 0.2) is 9.84 Å². The fourth-order valence-electron chi connectivity index (χ4n) is 3.08. The number of nitro groups is 1. The smallest absolute Gasteiger partial charge is 0.270 e. The van der Waals surface area contributed by atoms with Gasteiger partial charge in [0, 0.05) is 50.6 Å². The Labute approximate surface area is 139 Å². The Hall–Kier alpha value is -2.42. The molecule has 0 bridgehead atoms. The SMILES string of the molecule is Cn1cc(C2CCN(c3ccc([N+](=O)[O-])cc3S(C)(=O)=O)C2)cn1. The average molecular weight is 350 g/mol. The molecule has 128 valence electrons. The number of nitro benzene ring substituents is 1. The van der Waals surface area contributed by atoms with Crippen LogP contribution in [-0.2, 0) is 16.9 Å². The van der Waals surface area contributed by atoms with E-state index in [0.717, 1.165) is 24.3 Å². The summed E-state index contributed by atoms with van der Waals surface area (Å²) in [5.74, 6) is 0.265. The molecule has 2 aromatic rings. The maximum absolute atomic E-state index is 12.1. The molecule has 1 aliphatic heterocycles. The van der Waals surface area contributed by atoms with Crippen molar-refractivity contribution in [2.75, 3.05) is 24.2 Å². The standard InChI is InChI=1S/C15H18N4O4S/c1-17-9-12(8-16-17)11-5-6-18(10-11)14-4-3-13(19(20)21)7-15(14)24(2,22)23/h3-4,7-9,11H,5-6,10H2,1-2H3. The fraction of sp³-hybridized carbons (Fsp3) is 0.400. The summed E-state index contributed by atoms with van der Waals surface area (Å²) in [6, 6.07) is 4.02. The first-order valence-electron chi connectivity index (χ1n) is 7.47. The second-order valence-electron chi connectivity index (χ2n) is 6.06. The molecule has 0 amide bonds. The molecule has 0 saturated carbocycles. The zero-order valence-corrected chi connectivity index (χ0v) is 14.2. The van der Waals surface area contributed by atoms with Gasteiger partial charge < -0.3 is 4.90 Å². The zero-order chi connectivity index (χ0) is 17.5. The van der Waals surface area contributed by atoms with Crippen LogP contribution in [0.5, 0.6) is 0 Å². The molecule has 3 rings (SSSR count). The Balaban J connectivity index is 1.94. The van der Waals surface area contributed by atoms with E-state index in [4.69, 9.17) is 0 Å². The third-order valence-corrected chi connectivity index (χ3v) is 5.40. The molecule has 0 radical (unpaired) electrons. The van der Waals surface area contributed by atoms with Gasteiger partial charge in [0.1, 0.15) is 0 Å². The molecule has 1 saturated heterocycles. The van der Waals surface area contributed by atoms with Gasteiger partial charge in [-0.1, -0.05) is 0 Å². The number of hydrogen-bond acceptors (Lipinski definition) is 6. The summed E-state index contributed by atoms with van der Waals surface area (Å²) in [7, 11) is -1.71. The van der Waals surface area contributed by atoms with Crippen LogP contribution in [0.3, 0.4) is 0 Å². The van der Waals surface area contributed by atoms with E-state index in [2.05, 4.69) is 5.10 Å². The van der Waals surface area contributed by atoms with E-state index in [-0.39, 0.29) is 16.5 Å². The predicted octanol–water partition coefficient (Wildman–Crippen LogP) is 1.73. The van der Waals surface area contributed by atoms with Crippen molar-refractivity contribution in [3.05, 3.63) is 46.3 Å². The fourth-order valence-corrected chi connectivity index (χ4v) is 3.99. The predicted molar refractivity (Wildman–Crippen MR) is 89.0 cm³/mol. The van der Waals surface area contributed by atoms with Gasteiger partial charge in [-0.05, 0) is 18.1 Å². The van der Waals surface area contributed by atoms with Gasteiger partial charge in [-0.15, -0.1) is 0 Å². The van der Waals surface area contributed by atoms with Crippen molar-refractivity contribution in [3.8, 4) is 0 Å². The van der Waals surface area contributed by atoms with Crippen LogP contribution in [0.2, 0.25) is 0 Å². The molecule has 24 heavy (non-hydrogen) atoms. The number of aryl methyl sites for hydroxylation is 1. The van der Waals surface area contributed by atoms with Gasteiger partial charge in [-0.2, -0.15) is 5.10 Å². The molecule has 1 aliphatic rings. The quantitative estimate of drug-likeness (QED) is 0.615. The molecule has 0 spiro atoms. The summed E-state index contributed by atoms with van der Waals surface area (Å²) in [5, 5.41) is 15.1. The van der Waals surface area contributed by atoms with Crippen LogP contribution in [0.4, 0.5) is 11.4 Å². The van der Waals surface area contributed by atoms with E-state index in [9.17, 15) is 18.5 Å². The minimum Gasteiger partial charge on any atom is -0.370 e. The lowest BCUT2D eigenvalue weighted by atomic mass is 10.0. The zero-order valence-electron chi connectivity index (χ0n) is 13.4. The van der Waals surface area contributed by atoms with E-state index in [1.807, 2.05) is 24.3 Å². The summed E-state index contributed by atoms with van der Waals surface area (Å²) in [6.45, 7) is 1.35. The van der Waals surface area contributed by atoms with Crippen molar-refractivity contribution in [1.29, 1.82) is 0 Å². The monoisotopic (exact) mass is 350 g/mol. The van der Waals surface area contributed by atoms with Crippen molar-refractivity contribution < 1.29 is 13.3 Å². The Kier molecular flexibility index (Phi) is 4.04. The molecule has 2 heterocycles. The van der Waals surface area contributed by atoms with Crippen LogP contribution in [0.25, 0.3) is 0 Å². The minimum absolute atomic E-state index is 0.00327. The van der Waals surface area contributed by atoms with Gasteiger partial charge in [-0.25, -0.2) is 8.42 Å². The first-order chi connectivity index (χ1) is 11.3. The van der Waals surface area contributed by atoms with Gasteiger partial charge >= 0.3 is 0 Å². The Morgan fingerprint density at radius 1 is 1.38 bits per heavy atom. The molecule has 1 atom stereocenters. The highest BCUT2D eigenvalue weighted by atomic mass is 32.2. The number of anilines is 1. The lowest BCUT2D eigenvalue weighted by molar-refractivity contribution is -0.385. The van der Waals surface area contributed by atoms with Gasteiger partial charge in [0.2, 0.25) is 0 Å². The van der Waals surface area contributed by atoms with Crippen molar-refractivity contribution in [3.63, 3.8) is 0 Å². The van der Waals surface area contributed by atoms with Crippen LogP contribution in [-0.4, -0.2) is 42.5 Å². The first-order valence-corrected chi connectivity index (χ1v) is 9.37. The third kappa shape index (κ3) is 3.12. The van der Waals surface area contributed by atoms with Crippen molar-refractivity contribution in [2.45, 2.75) is 17.2 Å². The Morgan fingerprint density at radius 3 is 2.71 bits per heavy atom. The normalized spacial score (nSPS) is 18.1. The van der Waals surface area contributed by atoms with Crippen LogP contribution < -0.4 is 4.90 Å². The molecule has 9 heteroatoms. The van der Waals surface area contributed by atoms with Crippen molar-refractivity contribution in [2.24, 2.45) is 7.05 Å². The lowest BCUT2D eigenvalue weighted by Crippen LogP contribution is -2.21. The van der Waals surface area contributed by atoms with E-state index in [1.165, 1.54) is 12.1 Å².